The van der Waals surface area contributed by atoms with Gasteiger partial charge in [0.2, 0.25) is 10.0 Å². The zero-order chi connectivity index (χ0) is 23.5. The summed E-state index contributed by atoms with van der Waals surface area (Å²) in [5.74, 6) is -0.747. The molecule has 0 bridgehead atoms. The minimum Gasteiger partial charge on any atom is -0.321 e. The van der Waals surface area contributed by atoms with E-state index in [1.807, 2.05) is 13.8 Å². The van der Waals surface area contributed by atoms with E-state index in [4.69, 9.17) is 0 Å². The van der Waals surface area contributed by atoms with Crippen molar-refractivity contribution in [3.8, 4) is 0 Å². The van der Waals surface area contributed by atoms with Gasteiger partial charge in [0.15, 0.2) is 0 Å². The van der Waals surface area contributed by atoms with Crippen LogP contribution in [0.25, 0.3) is 0 Å². The van der Waals surface area contributed by atoms with Gasteiger partial charge in [-0.15, -0.1) is 11.8 Å². The van der Waals surface area contributed by atoms with Gasteiger partial charge in [0.25, 0.3) is 5.91 Å². The van der Waals surface area contributed by atoms with Gasteiger partial charge in [0.05, 0.1) is 16.1 Å². The molecule has 0 saturated carbocycles. The van der Waals surface area contributed by atoms with Gasteiger partial charge in [0.1, 0.15) is 0 Å². The van der Waals surface area contributed by atoms with Crippen molar-refractivity contribution in [2.75, 3.05) is 18.4 Å². The Morgan fingerprint density at radius 1 is 1.12 bits per heavy atom. The number of hydrogen-bond acceptors (Lipinski definition) is 4. The Bertz CT molecular complexity index is 1060. The fraction of sp³-hybridized carbons (Fsp3) is 0.409. The Labute approximate surface area is 190 Å². The number of thioether (sulfide) groups is 1. The van der Waals surface area contributed by atoms with Crippen molar-refractivity contribution in [2.24, 2.45) is 0 Å². The summed E-state index contributed by atoms with van der Waals surface area (Å²) < 4.78 is 67.4. The van der Waals surface area contributed by atoms with Gasteiger partial charge in [-0.05, 0) is 61.7 Å². The Balaban J connectivity index is 1.80. The molecular weight excluding hydrogens is 461 g/mol. The first-order valence-corrected chi connectivity index (χ1v) is 12.6. The average molecular weight is 487 g/mol. The Kier molecular flexibility index (Phi) is 7.57. The van der Waals surface area contributed by atoms with Crippen LogP contribution in [-0.4, -0.2) is 37.0 Å². The molecule has 1 fully saturated rings. The van der Waals surface area contributed by atoms with E-state index in [0.29, 0.717) is 18.0 Å². The number of anilines is 1. The van der Waals surface area contributed by atoms with Gasteiger partial charge in [-0.1, -0.05) is 13.8 Å². The second-order valence-electron chi connectivity index (χ2n) is 7.63. The van der Waals surface area contributed by atoms with Crippen molar-refractivity contribution in [2.45, 2.75) is 54.3 Å². The van der Waals surface area contributed by atoms with Crippen LogP contribution in [0.1, 0.15) is 49.0 Å². The predicted octanol–water partition coefficient (Wildman–Crippen LogP) is 5.63. The molecule has 1 saturated heterocycles. The fourth-order valence-electron chi connectivity index (χ4n) is 3.31. The molecule has 0 aliphatic carbocycles. The van der Waals surface area contributed by atoms with Crippen LogP contribution < -0.4 is 5.32 Å². The zero-order valence-electron chi connectivity index (χ0n) is 17.8. The first-order chi connectivity index (χ1) is 15.0. The van der Waals surface area contributed by atoms with Gasteiger partial charge in [0, 0.05) is 28.8 Å². The molecule has 2 aromatic rings. The van der Waals surface area contributed by atoms with Crippen LogP contribution in [0.4, 0.5) is 18.9 Å². The summed E-state index contributed by atoms with van der Waals surface area (Å²) in [4.78, 5) is 13.1. The summed E-state index contributed by atoms with van der Waals surface area (Å²) >= 11 is 1.34. The van der Waals surface area contributed by atoms with E-state index in [-0.39, 0.29) is 21.4 Å². The highest BCUT2D eigenvalue weighted by Crippen LogP contribution is 2.38. The highest BCUT2D eigenvalue weighted by molar-refractivity contribution is 7.99. The van der Waals surface area contributed by atoms with Crippen LogP contribution in [-0.2, 0) is 16.2 Å². The van der Waals surface area contributed by atoms with E-state index in [0.717, 1.165) is 25.3 Å². The minimum absolute atomic E-state index is 0.0540. The number of carbonyl (C=O) groups is 1. The van der Waals surface area contributed by atoms with Crippen molar-refractivity contribution in [3.63, 3.8) is 0 Å². The van der Waals surface area contributed by atoms with E-state index in [9.17, 15) is 26.4 Å². The van der Waals surface area contributed by atoms with Gasteiger partial charge in [-0.3, -0.25) is 4.79 Å². The number of halogens is 3. The largest absolute Gasteiger partial charge is 0.418 e. The van der Waals surface area contributed by atoms with Gasteiger partial charge in [-0.25, -0.2) is 8.42 Å². The first kappa shape index (κ1) is 24.6. The molecule has 1 aliphatic heterocycles. The highest BCUT2D eigenvalue weighted by atomic mass is 32.2. The van der Waals surface area contributed by atoms with Gasteiger partial charge in [-0.2, -0.15) is 17.5 Å². The Morgan fingerprint density at radius 2 is 1.75 bits per heavy atom. The number of rotatable bonds is 7. The van der Waals surface area contributed by atoms with Crippen molar-refractivity contribution >= 4 is 33.4 Å². The molecule has 0 aromatic heterocycles. The number of hydrogen-bond donors (Lipinski definition) is 1. The lowest BCUT2D eigenvalue weighted by atomic mass is 10.1. The van der Waals surface area contributed by atoms with Crippen LogP contribution >= 0.6 is 11.8 Å². The van der Waals surface area contributed by atoms with Crippen molar-refractivity contribution in [3.05, 3.63) is 53.6 Å². The minimum atomic E-state index is -4.64. The molecule has 32 heavy (non-hydrogen) atoms. The molecule has 1 N–H and O–H groups in total. The molecule has 5 nitrogen and oxygen atoms in total. The number of benzene rings is 2. The lowest BCUT2D eigenvalue weighted by molar-refractivity contribution is -0.137. The van der Waals surface area contributed by atoms with E-state index < -0.39 is 27.7 Å². The lowest BCUT2D eigenvalue weighted by Crippen LogP contribution is -2.27. The highest BCUT2D eigenvalue weighted by Gasteiger charge is 2.34. The van der Waals surface area contributed by atoms with Gasteiger partial charge < -0.3 is 5.32 Å². The maximum atomic E-state index is 13.6. The van der Waals surface area contributed by atoms with E-state index in [2.05, 4.69) is 5.32 Å². The molecule has 1 heterocycles. The van der Waals surface area contributed by atoms with Crippen LogP contribution in [0.5, 0.6) is 0 Å². The molecule has 174 valence electrons. The maximum absolute atomic E-state index is 13.6. The summed E-state index contributed by atoms with van der Waals surface area (Å²) in [6.45, 7) is 4.80. The summed E-state index contributed by atoms with van der Waals surface area (Å²) in [6.07, 6.45) is -2.22. The van der Waals surface area contributed by atoms with Crippen molar-refractivity contribution in [1.29, 1.82) is 0 Å². The number of carbonyl (C=O) groups excluding carboxylic acids is 1. The second-order valence-corrected chi connectivity index (χ2v) is 11.1. The second kappa shape index (κ2) is 9.84. The average Bonchev–Trinajstić information content (AvgIpc) is 3.30. The Morgan fingerprint density at radius 3 is 2.31 bits per heavy atom. The lowest BCUT2D eigenvalue weighted by Gasteiger charge is -2.17. The topological polar surface area (TPSA) is 66.5 Å². The Hall–Kier alpha value is -2.04. The van der Waals surface area contributed by atoms with Crippen molar-refractivity contribution in [1.82, 2.24) is 4.31 Å². The van der Waals surface area contributed by atoms with Crippen LogP contribution in [0, 0.1) is 0 Å². The summed E-state index contributed by atoms with van der Waals surface area (Å²) in [6, 6.07) is 9.05. The molecule has 1 unspecified atom stereocenters. The third-order valence-electron chi connectivity index (χ3n) is 5.28. The number of amides is 1. The SMILES string of the molecule is CCC(C)Sc1ccc(NC(=O)c2ccc(S(=O)(=O)N3CCCC3)cc2)c(C(F)(F)F)c1. The monoisotopic (exact) mass is 486 g/mol. The number of nitrogens with one attached hydrogen (secondary N) is 1. The van der Waals surface area contributed by atoms with Gasteiger partial charge >= 0.3 is 6.18 Å². The van der Waals surface area contributed by atoms with E-state index >= 15 is 0 Å². The van der Waals surface area contributed by atoms with Crippen LogP contribution in [0.15, 0.2) is 52.3 Å². The summed E-state index contributed by atoms with van der Waals surface area (Å²) in [5.41, 5.74) is -1.20. The molecule has 1 amide bonds. The fourth-order valence-corrected chi connectivity index (χ4v) is 5.79. The van der Waals surface area contributed by atoms with E-state index in [1.165, 1.54) is 46.4 Å². The quantitative estimate of drug-likeness (QED) is 0.515. The van der Waals surface area contributed by atoms with E-state index in [1.54, 1.807) is 6.07 Å². The zero-order valence-corrected chi connectivity index (χ0v) is 19.4. The predicted molar refractivity (Wildman–Crippen MR) is 119 cm³/mol. The standard InChI is InChI=1S/C22H25F3N2O3S2/c1-3-15(2)31-17-8-11-20(19(14-17)22(23,24)25)26-21(28)16-6-9-18(10-7-16)32(29,30)27-12-4-5-13-27/h6-11,14-15H,3-5,12-13H2,1-2H3,(H,26,28). The third kappa shape index (κ3) is 5.65. The summed E-state index contributed by atoms with van der Waals surface area (Å²) in [7, 11) is -3.63. The van der Waals surface area contributed by atoms with Crippen molar-refractivity contribution < 1.29 is 26.4 Å². The molecule has 3 rings (SSSR count). The maximum Gasteiger partial charge on any atom is 0.418 e. The molecule has 0 spiro atoms. The summed E-state index contributed by atoms with van der Waals surface area (Å²) in [5, 5.41) is 2.47. The molecule has 2 aromatic carbocycles. The molecule has 1 aliphatic rings. The normalized spacial score (nSPS) is 16.2. The smallest absolute Gasteiger partial charge is 0.321 e. The van der Waals surface area contributed by atoms with Crippen LogP contribution in [0.2, 0.25) is 0 Å². The third-order valence-corrected chi connectivity index (χ3v) is 8.45. The first-order valence-electron chi connectivity index (χ1n) is 10.3. The molecular formula is C22H25F3N2O3S2. The number of alkyl halides is 3. The van der Waals surface area contributed by atoms with Crippen LogP contribution in [0.3, 0.4) is 0 Å². The molecule has 1 atom stereocenters. The molecule has 10 heteroatoms. The number of sulfonamides is 1. The number of nitrogens with zero attached hydrogens (tertiary/aromatic N) is 1. The molecule has 0 radical (unpaired) electrons.